The predicted octanol–water partition coefficient (Wildman–Crippen LogP) is 2.20. The first-order chi connectivity index (χ1) is 6.74. The number of imidazole rings is 1. The molecule has 0 fully saturated rings. The number of halogens is 1. The van der Waals surface area contributed by atoms with Crippen LogP contribution >= 0.6 is 11.6 Å². The van der Waals surface area contributed by atoms with Crippen molar-refractivity contribution in [2.75, 3.05) is 0 Å². The summed E-state index contributed by atoms with van der Waals surface area (Å²) in [6.07, 6.45) is 0.856. The molecule has 0 saturated carbocycles. The van der Waals surface area contributed by atoms with E-state index in [9.17, 15) is 4.79 Å². The number of fused-ring (bicyclic) bond motifs is 1. The van der Waals surface area contributed by atoms with Gasteiger partial charge in [-0.15, -0.1) is 0 Å². The van der Waals surface area contributed by atoms with Gasteiger partial charge in [0.25, 0.3) is 0 Å². The summed E-state index contributed by atoms with van der Waals surface area (Å²) in [5.74, 6) is 0.806. The Kier molecular flexibility index (Phi) is 2.25. The van der Waals surface area contributed by atoms with Gasteiger partial charge in [-0.1, -0.05) is 17.7 Å². The van der Waals surface area contributed by atoms with Crippen LogP contribution in [0.25, 0.3) is 11.0 Å². The minimum atomic E-state index is 0.322. The largest absolute Gasteiger partial charge is 0.321 e. The molecule has 14 heavy (non-hydrogen) atoms. The van der Waals surface area contributed by atoms with Crippen molar-refractivity contribution in [1.29, 1.82) is 0 Å². The molecular formula is C10H9ClN2O. The lowest BCUT2D eigenvalue weighted by Crippen LogP contribution is -2.00. The van der Waals surface area contributed by atoms with Gasteiger partial charge in [0.05, 0.1) is 17.1 Å². The number of carbonyl (C=O) groups excluding carboxylic acids is 1. The van der Waals surface area contributed by atoms with Crippen molar-refractivity contribution >= 4 is 28.9 Å². The second kappa shape index (κ2) is 3.42. The molecule has 2 rings (SSSR count). The van der Waals surface area contributed by atoms with Crippen molar-refractivity contribution in [1.82, 2.24) is 9.55 Å². The first kappa shape index (κ1) is 9.21. The molecule has 4 heteroatoms. The van der Waals surface area contributed by atoms with E-state index in [0.29, 0.717) is 11.6 Å². The molecule has 72 valence electrons. The zero-order valence-corrected chi connectivity index (χ0v) is 8.45. The molecule has 1 heterocycles. The highest BCUT2D eigenvalue weighted by Crippen LogP contribution is 2.23. The third-order valence-electron chi connectivity index (χ3n) is 2.18. The third-order valence-corrected chi connectivity index (χ3v) is 2.48. The Hall–Kier alpha value is -1.35. The number of hydrogen-bond acceptors (Lipinski definition) is 2. The Morgan fingerprint density at radius 1 is 1.57 bits per heavy atom. The fourth-order valence-electron chi connectivity index (χ4n) is 1.53. The lowest BCUT2D eigenvalue weighted by molar-refractivity contribution is -0.108. The number of nitrogens with zero attached hydrogens (tertiary/aromatic N) is 2. The van der Waals surface area contributed by atoms with Gasteiger partial charge in [0.15, 0.2) is 0 Å². The summed E-state index contributed by atoms with van der Waals surface area (Å²) in [5, 5.41) is 0.621. The van der Waals surface area contributed by atoms with Crippen molar-refractivity contribution in [3.05, 3.63) is 29.0 Å². The molecule has 2 aromatic rings. The number of aryl methyl sites for hydroxylation is 1. The molecule has 3 nitrogen and oxygen atoms in total. The van der Waals surface area contributed by atoms with E-state index in [1.807, 2.05) is 23.6 Å². The van der Waals surface area contributed by atoms with Crippen LogP contribution in [0.1, 0.15) is 5.82 Å². The molecule has 0 unspecified atom stereocenters. The van der Waals surface area contributed by atoms with Crippen LogP contribution in [0, 0.1) is 6.92 Å². The highest BCUT2D eigenvalue weighted by Gasteiger charge is 2.08. The van der Waals surface area contributed by atoms with Crippen molar-refractivity contribution in [2.45, 2.75) is 13.5 Å². The summed E-state index contributed by atoms with van der Waals surface area (Å²) in [4.78, 5) is 14.8. The third kappa shape index (κ3) is 1.30. The summed E-state index contributed by atoms with van der Waals surface area (Å²) in [6, 6.07) is 5.55. The standard InChI is InChI=1S/C10H9ClN2O/c1-7-12-10-8(11)3-2-4-9(10)13(7)5-6-14/h2-4,6H,5H2,1H3. The highest BCUT2D eigenvalue weighted by molar-refractivity contribution is 6.34. The van der Waals surface area contributed by atoms with Gasteiger partial charge in [-0.3, -0.25) is 0 Å². The molecule has 0 aliphatic rings. The van der Waals surface area contributed by atoms with Crippen LogP contribution in [0.3, 0.4) is 0 Å². The van der Waals surface area contributed by atoms with Crippen LogP contribution in [-0.4, -0.2) is 15.8 Å². The van der Waals surface area contributed by atoms with Gasteiger partial charge >= 0.3 is 0 Å². The van der Waals surface area contributed by atoms with Gasteiger partial charge in [0, 0.05) is 0 Å². The second-order valence-electron chi connectivity index (χ2n) is 3.04. The van der Waals surface area contributed by atoms with Gasteiger partial charge in [0.1, 0.15) is 17.6 Å². The number of hydrogen-bond donors (Lipinski definition) is 0. The van der Waals surface area contributed by atoms with E-state index in [0.717, 1.165) is 23.1 Å². The summed E-state index contributed by atoms with van der Waals surface area (Å²) >= 11 is 5.98. The first-order valence-electron chi connectivity index (χ1n) is 4.29. The molecule has 0 N–H and O–H groups in total. The van der Waals surface area contributed by atoms with E-state index in [1.165, 1.54) is 0 Å². The van der Waals surface area contributed by atoms with Crippen LogP contribution in [0.5, 0.6) is 0 Å². The van der Waals surface area contributed by atoms with Crippen molar-refractivity contribution in [3.8, 4) is 0 Å². The number of carbonyl (C=O) groups is 1. The van der Waals surface area contributed by atoms with Crippen LogP contribution in [-0.2, 0) is 11.3 Å². The van der Waals surface area contributed by atoms with Crippen LogP contribution in [0.2, 0.25) is 5.02 Å². The Morgan fingerprint density at radius 3 is 3.07 bits per heavy atom. The SMILES string of the molecule is Cc1nc2c(Cl)cccc2n1CC=O. The first-order valence-corrected chi connectivity index (χ1v) is 4.67. The van der Waals surface area contributed by atoms with E-state index in [1.54, 1.807) is 6.07 Å². The number of aldehydes is 1. The lowest BCUT2D eigenvalue weighted by Gasteiger charge is -2.00. The molecule has 0 atom stereocenters. The monoisotopic (exact) mass is 208 g/mol. The zero-order chi connectivity index (χ0) is 10.1. The molecule has 1 aromatic carbocycles. The molecule has 0 aliphatic heterocycles. The maximum atomic E-state index is 10.5. The highest BCUT2D eigenvalue weighted by atomic mass is 35.5. The van der Waals surface area contributed by atoms with Crippen LogP contribution in [0.15, 0.2) is 18.2 Å². The summed E-state index contributed by atoms with van der Waals surface area (Å²) in [7, 11) is 0. The number of aromatic nitrogens is 2. The quantitative estimate of drug-likeness (QED) is 0.710. The minimum Gasteiger partial charge on any atom is -0.321 e. The molecule has 0 bridgehead atoms. The topological polar surface area (TPSA) is 34.9 Å². The second-order valence-corrected chi connectivity index (χ2v) is 3.45. The molecule has 0 aliphatic carbocycles. The van der Waals surface area contributed by atoms with Crippen molar-refractivity contribution < 1.29 is 4.79 Å². The summed E-state index contributed by atoms with van der Waals surface area (Å²) in [6.45, 7) is 2.18. The summed E-state index contributed by atoms with van der Waals surface area (Å²) < 4.78 is 1.84. The lowest BCUT2D eigenvalue weighted by atomic mass is 10.3. The maximum Gasteiger partial charge on any atom is 0.139 e. The average Bonchev–Trinajstić information content (AvgIpc) is 2.47. The number of para-hydroxylation sites is 1. The molecule has 0 radical (unpaired) electrons. The van der Waals surface area contributed by atoms with E-state index < -0.39 is 0 Å². The Bertz CT molecular complexity index is 490. The van der Waals surface area contributed by atoms with E-state index >= 15 is 0 Å². The molecule has 0 saturated heterocycles. The number of benzene rings is 1. The summed E-state index contributed by atoms with van der Waals surface area (Å²) in [5.41, 5.74) is 1.66. The maximum absolute atomic E-state index is 10.5. The van der Waals surface area contributed by atoms with E-state index in [4.69, 9.17) is 11.6 Å². The number of rotatable bonds is 2. The fraction of sp³-hybridized carbons (Fsp3) is 0.200. The van der Waals surface area contributed by atoms with Gasteiger partial charge in [-0.05, 0) is 19.1 Å². The van der Waals surface area contributed by atoms with Gasteiger partial charge in [0.2, 0.25) is 0 Å². The fourth-order valence-corrected chi connectivity index (χ4v) is 1.75. The Labute approximate surface area is 86.3 Å². The smallest absolute Gasteiger partial charge is 0.139 e. The molecule has 1 aromatic heterocycles. The zero-order valence-electron chi connectivity index (χ0n) is 7.70. The minimum absolute atomic E-state index is 0.322. The Morgan fingerprint density at radius 2 is 2.36 bits per heavy atom. The molecule has 0 amide bonds. The predicted molar refractivity (Wildman–Crippen MR) is 55.5 cm³/mol. The average molecular weight is 209 g/mol. The van der Waals surface area contributed by atoms with Crippen LogP contribution in [0.4, 0.5) is 0 Å². The normalized spacial score (nSPS) is 10.7. The van der Waals surface area contributed by atoms with Crippen molar-refractivity contribution in [2.24, 2.45) is 0 Å². The molecule has 0 spiro atoms. The van der Waals surface area contributed by atoms with E-state index in [-0.39, 0.29) is 0 Å². The van der Waals surface area contributed by atoms with E-state index in [2.05, 4.69) is 4.98 Å². The van der Waals surface area contributed by atoms with Gasteiger partial charge in [-0.25, -0.2) is 4.98 Å². The van der Waals surface area contributed by atoms with Gasteiger partial charge in [-0.2, -0.15) is 0 Å². The van der Waals surface area contributed by atoms with Crippen LogP contribution < -0.4 is 0 Å². The Balaban J connectivity index is 2.76. The van der Waals surface area contributed by atoms with Crippen molar-refractivity contribution in [3.63, 3.8) is 0 Å². The molecular weight excluding hydrogens is 200 g/mol. The van der Waals surface area contributed by atoms with Gasteiger partial charge < -0.3 is 9.36 Å².